The Balaban J connectivity index is 0.000000281. The van der Waals surface area contributed by atoms with E-state index in [9.17, 15) is 0 Å². The van der Waals surface area contributed by atoms with Crippen LogP contribution in [0.25, 0.3) is 0 Å². The van der Waals surface area contributed by atoms with E-state index >= 15 is 0 Å². The summed E-state index contributed by atoms with van der Waals surface area (Å²) in [4.78, 5) is 0. The van der Waals surface area contributed by atoms with Crippen molar-refractivity contribution < 1.29 is 9.47 Å². The van der Waals surface area contributed by atoms with Crippen LogP contribution < -0.4 is 10.6 Å². The lowest BCUT2D eigenvalue weighted by Gasteiger charge is -2.31. The van der Waals surface area contributed by atoms with Crippen molar-refractivity contribution in [3.63, 3.8) is 0 Å². The third kappa shape index (κ3) is 7.52. The Kier molecular flexibility index (Phi) is 13.3. The first-order chi connectivity index (χ1) is 13.8. The minimum Gasteiger partial charge on any atom is -0.381 e. The fourth-order valence-electron chi connectivity index (χ4n) is 4.30. The molecule has 4 rings (SSSR count). The van der Waals surface area contributed by atoms with Gasteiger partial charge in [-0.05, 0) is 37.1 Å². The smallest absolute Gasteiger partial charge is 0.0664 e. The van der Waals surface area contributed by atoms with Gasteiger partial charge < -0.3 is 20.1 Å². The number of nitrogens with one attached hydrogen (secondary N) is 2. The molecule has 30 heavy (non-hydrogen) atoms. The summed E-state index contributed by atoms with van der Waals surface area (Å²) in [6.45, 7) is 4.20. The van der Waals surface area contributed by atoms with E-state index in [0.29, 0.717) is 24.0 Å². The summed E-state index contributed by atoms with van der Waals surface area (Å²) in [5.74, 6) is 1.02. The molecule has 0 radical (unpaired) electrons. The van der Waals surface area contributed by atoms with Crippen LogP contribution in [0.2, 0.25) is 0 Å². The summed E-state index contributed by atoms with van der Waals surface area (Å²) in [6, 6.07) is 21.2. The molecule has 0 saturated carbocycles. The van der Waals surface area contributed by atoms with E-state index in [2.05, 4.69) is 71.3 Å². The van der Waals surface area contributed by atoms with Crippen molar-refractivity contribution in [1.29, 1.82) is 0 Å². The number of ether oxygens (including phenoxy) is 2. The van der Waals surface area contributed by atoms with Gasteiger partial charge in [-0.15, -0.1) is 24.8 Å². The highest BCUT2D eigenvalue weighted by Gasteiger charge is 2.26. The topological polar surface area (TPSA) is 42.5 Å². The van der Waals surface area contributed by atoms with E-state index in [4.69, 9.17) is 9.47 Å². The van der Waals surface area contributed by atoms with Gasteiger partial charge >= 0.3 is 0 Å². The van der Waals surface area contributed by atoms with Crippen molar-refractivity contribution in [2.24, 2.45) is 0 Å². The molecule has 2 N–H and O–H groups in total. The molecule has 2 aliphatic rings. The third-order valence-electron chi connectivity index (χ3n) is 5.90. The monoisotopic (exact) mass is 454 g/mol. The van der Waals surface area contributed by atoms with Crippen LogP contribution >= 0.6 is 24.8 Å². The van der Waals surface area contributed by atoms with E-state index in [1.807, 2.05) is 14.2 Å². The maximum absolute atomic E-state index is 5.52. The molecule has 2 aliphatic heterocycles. The Morgan fingerprint density at radius 3 is 1.33 bits per heavy atom. The summed E-state index contributed by atoms with van der Waals surface area (Å²) in [7, 11) is 3.62. The molecule has 2 aromatic rings. The first-order valence-electron chi connectivity index (χ1n) is 10.4. The Morgan fingerprint density at radius 2 is 1.00 bits per heavy atom. The Morgan fingerprint density at radius 1 is 0.633 bits per heavy atom. The van der Waals surface area contributed by atoms with Crippen molar-refractivity contribution in [2.45, 2.75) is 36.9 Å². The molecule has 0 spiro atoms. The average Bonchev–Trinajstić information content (AvgIpc) is 2.80. The molecule has 2 aromatic carbocycles. The molecular formula is C24H36Cl2N2O2. The van der Waals surface area contributed by atoms with E-state index in [-0.39, 0.29) is 24.8 Å². The summed E-state index contributed by atoms with van der Waals surface area (Å²) in [5, 5.41) is 6.84. The molecule has 168 valence electrons. The number of benzene rings is 2. The van der Waals surface area contributed by atoms with Gasteiger partial charge in [0.25, 0.3) is 0 Å². The van der Waals surface area contributed by atoms with Crippen molar-refractivity contribution in [1.82, 2.24) is 10.6 Å². The second-order valence-electron chi connectivity index (χ2n) is 7.57. The van der Waals surface area contributed by atoms with Gasteiger partial charge in [0, 0.05) is 39.1 Å². The normalized spacial score (nSPS) is 25.7. The van der Waals surface area contributed by atoms with Crippen LogP contribution in [0, 0.1) is 0 Å². The number of hydrogen-bond donors (Lipinski definition) is 2. The highest BCUT2D eigenvalue weighted by Crippen LogP contribution is 2.26. The highest BCUT2D eigenvalue weighted by atomic mass is 35.5. The quantitative estimate of drug-likeness (QED) is 0.717. The lowest BCUT2D eigenvalue weighted by atomic mass is 9.89. The van der Waals surface area contributed by atoms with Crippen molar-refractivity contribution >= 4 is 24.8 Å². The predicted octanol–water partition coefficient (Wildman–Crippen LogP) is 4.40. The summed E-state index contributed by atoms with van der Waals surface area (Å²) in [6.07, 6.45) is 2.96. The number of rotatable bonds is 4. The molecule has 2 heterocycles. The zero-order chi connectivity index (χ0) is 19.6. The van der Waals surface area contributed by atoms with E-state index in [1.54, 1.807) is 0 Å². The van der Waals surface area contributed by atoms with E-state index in [1.165, 1.54) is 11.1 Å². The van der Waals surface area contributed by atoms with Crippen LogP contribution in [-0.2, 0) is 9.47 Å². The maximum Gasteiger partial charge on any atom is 0.0664 e. The van der Waals surface area contributed by atoms with Crippen LogP contribution in [0.15, 0.2) is 60.7 Å². The number of piperidine rings is 2. The molecule has 0 amide bonds. The van der Waals surface area contributed by atoms with Gasteiger partial charge in [-0.25, -0.2) is 0 Å². The van der Waals surface area contributed by atoms with Crippen LogP contribution in [0.3, 0.4) is 0 Å². The molecule has 0 unspecified atom stereocenters. The standard InChI is InChI=1S/2C12H17NO.2ClH/c2*1-14-12-7-8-13-9-11(12)10-5-3-2-4-6-10;;/h2*2-6,11-13H,7-9H2,1H3;2*1H/t2*11-,12+;;/m11../s1. The van der Waals surface area contributed by atoms with Gasteiger partial charge in [0.15, 0.2) is 0 Å². The molecular weight excluding hydrogens is 419 g/mol. The van der Waals surface area contributed by atoms with Gasteiger partial charge in [0.2, 0.25) is 0 Å². The van der Waals surface area contributed by atoms with Crippen LogP contribution in [-0.4, -0.2) is 52.6 Å². The Labute approximate surface area is 193 Å². The number of hydrogen-bond acceptors (Lipinski definition) is 4. The fourth-order valence-corrected chi connectivity index (χ4v) is 4.30. The number of methoxy groups -OCH3 is 2. The zero-order valence-electron chi connectivity index (χ0n) is 18.0. The summed E-state index contributed by atoms with van der Waals surface area (Å²) < 4.78 is 11.0. The van der Waals surface area contributed by atoms with Crippen molar-refractivity contribution in [2.75, 3.05) is 40.4 Å². The van der Waals surface area contributed by atoms with E-state index < -0.39 is 0 Å². The van der Waals surface area contributed by atoms with Gasteiger partial charge in [-0.1, -0.05) is 60.7 Å². The van der Waals surface area contributed by atoms with Crippen LogP contribution in [0.4, 0.5) is 0 Å². The first-order valence-corrected chi connectivity index (χ1v) is 10.4. The Hall–Kier alpha value is -1.14. The van der Waals surface area contributed by atoms with Gasteiger partial charge in [-0.2, -0.15) is 0 Å². The summed E-state index contributed by atoms with van der Waals surface area (Å²) in [5.41, 5.74) is 2.76. The highest BCUT2D eigenvalue weighted by molar-refractivity contribution is 5.85. The van der Waals surface area contributed by atoms with Crippen molar-refractivity contribution in [3.8, 4) is 0 Å². The van der Waals surface area contributed by atoms with Gasteiger partial charge in [0.1, 0.15) is 0 Å². The molecule has 0 aromatic heterocycles. The number of halogens is 2. The van der Waals surface area contributed by atoms with E-state index in [0.717, 1.165) is 39.0 Å². The molecule has 6 heteroatoms. The fraction of sp³-hybridized carbons (Fsp3) is 0.500. The first kappa shape index (κ1) is 26.9. The van der Waals surface area contributed by atoms with Crippen LogP contribution in [0.1, 0.15) is 35.8 Å². The molecule has 4 atom stereocenters. The maximum atomic E-state index is 5.52. The van der Waals surface area contributed by atoms with Crippen molar-refractivity contribution in [3.05, 3.63) is 71.8 Å². The van der Waals surface area contributed by atoms with Gasteiger partial charge in [-0.3, -0.25) is 0 Å². The lowest BCUT2D eigenvalue weighted by molar-refractivity contribution is 0.0585. The minimum absolute atomic E-state index is 0. The molecule has 2 saturated heterocycles. The second kappa shape index (κ2) is 14.8. The zero-order valence-corrected chi connectivity index (χ0v) is 19.6. The molecule has 2 fully saturated rings. The molecule has 0 aliphatic carbocycles. The average molecular weight is 455 g/mol. The van der Waals surface area contributed by atoms with Crippen LogP contribution in [0.5, 0.6) is 0 Å². The molecule has 4 nitrogen and oxygen atoms in total. The third-order valence-corrected chi connectivity index (χ3v) is 5.90. The summed E-state index contributed by atoms with van der Waals surface area (Å²) >= 11 is 0. The SMILES string of the molecule is CO[C@H]1CCNC[C@@H]1c1ccccc1.CO[C@H]1CCNC[C@@H]1c1ccccc1.Cl.Cl. The van der Waals surface area contributed by atoms with Gasteiger partial charge in [0.05, 0.1) is 12.2 Å². The second-order valence-corrected chi connectivity index (χ2v) is 7.57. The Bertz CT molecular complexity index is 616. The largest absolute Gasteiger partial charge is 0.381 e. The predicted molar refractivity (Wildman–Crippen MR) is 129 cm³/mol. The minimum atomic E-state index is 0. The lowest BCUT2D eigenvalue weighted by Crippen LogP contribution is -2.39. The molecule has 0 bridgehead atoms.